The predicted molar refractivity (Wildman–Crippen MR) is 119 cm³/mol. The Labute approximate surface area is 196 Å². The molecule has 4 aromatic heterocycles. The lowest BCUT2D eigenvalue weighted by Crippen LogP contribution is -2.31. The van der Waals surface area contributed by atoms with E-state index >= 15 is 0 Å². The average Bonchev–Trinajstić information content (AvgIpc) is 2.85. The summed E-state index contributed by atoms with van der Waals surface area (Å²) in [6.45, 7) is 1.15. The summed E-state index contributed by atoms with van der Waals surface area (Å²) >= 11 is 0. The van der Waals surface area contributed by atoms with E-state index in [1.807, 2.05) is 4.90 Å². The van der Waals surface area contributed by atoms with Crippen LogP contribution in [0.2, 0.25) is 0 Å². The van der Waals surface area contributed by atoms with Gasteiger partial charge in [0.05, 0.1) is 28.9 Å². The van der Waals surface area contributed by atoms with Crippen molar-refractivity contribution in [2.45, 2.75) is 25.4 Å². The molecule has 1 aliphatic rings. The molecule has 4 aromatic rings. The molecule has 0 spiro atoms. The van der Waals surface area contributed by atoms with Gasteiger partial charge in [0, 0.05) is 37.1 Å². The molecule has 180 valence electrons. The van der Waals surface area contributed by atoms with E-state index < -0.39 is 23.4 Å². The maximum absolute atomic E-state index is 14.0. The van der Waals surface area contributed by atoms with Gasteiger partial charge in [-0.1, -0.05) is 0 Å². The second-order valence-corrected chi connectivity index (χ2v) is 8.04. The Balaban J connectivity index is 1.61. The molecule has 0 saturated carbocycles. The highest BCUT2D eigenvalue weighted by Crippen LogP contribution is 2.39. The summed E-state index contributed by atoms with van der Waals surface area (Å²) in [5, 5.41) is 2.57. The SMILES string of the molecule is Fc1cnc(Nc2cc(-c3nc(N4CCCCC4)c4c(C(F)(F)F)cncc4n3)ccn2)c(F)c1. The molecule has 7 nitrogen and oxygen atoms in total. The smallest absolute Gasteiger partial charge is 0.356 e. The van der Waals surface area contributed by atoms with Crippen molar-refractivity contribution >= 4 is 28.4 Å². The Bertz CT molecular complexity index is 1390. The second kappa shape index (κ2) is 9.01. The van der Waals surface area contributed by atoms with Gasteiger partial charge in [-0.25, -0.2) is 28.7 Å². The number of aromatic nitrogens is 5. The van der Waals surface area contributed by atoms with Gasteiger partial charge in [-0.2, -0.15) is 13.2 Å². The van der Waals surface area contributed by atoms with Gasteiger partial charge < -0.3 is 10.2 Å². The van der Waals surface area contributed by atoms with E-state index in [0.29, 0.717) is 24.7 Å². The Morgan fingerprint density at radius 3 is 2.46 bits per heavy atom. The van der Waals surface area contributed by atoms with Crippen molar-refractivity contribution < 1.29 is 22.0 Å². The summed E-state index contributed by atoms with van der Waals surface area (Å²) < 4.78 is 68.6. The quantitative estimate of drug-likeness (QED) is 0.380. The van der Waals surface area contributed by atoms with Crippen molar-refractivity contribution in [1.29, 1.82) is 0 Å². The van der Waals surface area contributed by atoms with Crippen LogP contribution in [0.25, 0.3) is 22.3 Å². The van der Waals surface area contributed by atoms with E-state index in [9.17, 15) is 22.0 Å². The summed E-state index contributed by atoms with van der Waals surface area (Å²) in [6, 6.07) is 3.77. The monoisotopic (exact) mass is 487 g/mol. The van der Waals surface area contributed by atoms with E-state index in [0.717, 1.165) is 31.7 Å². The first-order valence-electron chi connectivity index (χ1n) is 10.8. The van der Waals surface area contributed by atoms with Crippen LogP contribution in [-0.2, 0) is 6.18 Å². The molecule has 5 rings (SSSR count). The summed E-state index contributed by atoms with van der Waals surface area (Å²) in [6.07, 6.45) is 2.39. The molecule has 1 aliphatic heterocycles. The number of hydrogen-bond acceptors (Lipinski definition) is 7. The number of nitrogens with zero attached hydrogens (tertiary/aromatic N) is 6. The van der Waals surface area contributed by atoms with Crippen LogP contribution < -0.4 is 10.2 Å². The number of anilines is 3. The van der Waals surface area contributed by atoms with Crippen molar-refractivity contribution in [2.24, 2.45) is 0 Å². The molecule has 0 amide bonds. The highest BCUT2D eigenvalue weighted by molar-refractivity contribution is 5.94. The third kappa shape index (κ3) is 4.68. The summed E-state index contributed by atoms with van der Waals surface area (Å²) in [5.74, 6) is -1.43. The molecule has 0 atom stereocenters. The van der Waals surface area contributed by atoms with Crippen LogP contribution in [-0.4, -0.2) is 38.0 Å². The molecule has 0 aliphatic carbocycles. The van der Waals surface area contributed by atoms with E-state index in [1.165, 1.54) is 18.5 Å². The minimum atomic E-state index is -4.62. The van der Waals surface area contributed by atoms with Crippen LogP contribution in [0, 0.1) is 11.6 Å². The zero-order valence-electron chi connectivity index (χ0n) is 18.2. The van der Waals surface area contributed by atoms with E-state index in [2.05, 4.69) is 30.2 Å². The number of rotatable bonds is 4. The first-order valence-corrected chi connectivity index (χ1v) is 10.8. The van der Waals surface area contributed by atoms with Crippen LogP contribution in [0.4, 0.5) is 39.4 Å². The fraction of sp³-hybridized carbons (Fsp3) is 0.261. The van der Waals surface area contributed by atoms with Crippen molar-refractivity contribution in [3.63, 3.8) is 0 Å². The molecule has 0 aromatic carbocycles. The van der Waals surface area contributed by atoms with Gasteiger partial charge in [-0.05, 0) is 31.4 Å². The predicted octanol–water partition coefficient (Wildman–Crippen LogP) is 5.51. The van der Waals surface area contributed by atoms with Crippen molar-refractivity contribution in [2.75, 3.05) is 23.3 Å². The summed E-state index contributed by atoms with van der Waals surface area (Å²) in [4.78, 5) is 22.3. The molecule has 1 N–H and O–H groups in total. The van der Waals surface area contributed by atoms with Crippen molar-refractivity contribution in [1.82, 2.24) is 24.9 Å². The lowest BCUT2D eigenvalue weighted by molar-refractivity contribution is -0.136. The van der Waals surface area contributed by atoms with Crippen LogP contribution >= 0.6 is 0 Å². The van der Waals surface area contributed by atoms with E-state index in [4.69, 9.17) is 0 Å². The highest BCUT2D eigenvalue weighted by Gasteiger charge is 2.35. The lowest BCUT2D eigenvalue weighted by Gasteiger charge is -2.29. The molecular weight excluding hydrogens is 469 g/mol. The maximum atomic E-state index is 14.0. The molecule has 5 heterocycles. The Hall–Kier alpha value is -3.96. The van der Waals surface area contributed by atoms with Crippen LogP contribution in [0.5, 0.6) is 0 Å². The fourth-order valence-electron chi connectivity index (χ4n) is 4.01. The third-order valence-electron chi connectivity index (χ3n) is 5.62. The van der Waals surface area contributed by atoms with Gasteiger partial charge >= 0.3 is 6.18 Å². The van der Waals surface area contributed by atoms with Crippen LogP contribution in [0.15, 0.2) is 43.0 Å². The fourth-order valence-corrected chi connectivity index (χ4v) is 4.01. The van der Waals surface area contributed by atoms with Gasteiger partial charge in [0.2, 0.25) is 0 Å². The number of hydrogen-bond donors (Lipinski definition) is 1. The first kappa shape index (κ1) is 22.8. The average molecular weight is 487 g/mol. The zero-order chi connectivity index (χ0) is 24.6. The molecule has 1 saturated heterocycles. The molecule has 0 radical (unpaired) electrons. The Morgan fingerprint density at radius 2 is 1.71 bits per heavy atom. The molecule has 12 heteroatoms. The van der Waals surface area contributed by atoms with E-state index in [1.54, 1.807) is 6.07 Å². The van der Waals surface area contributed by atoms with Crippen LogP contribution in [0.3, 0.4) is 0 Å². The molecule has 1 fully saturated rings. The maximum Gasteiger partial charge on any atom is 0.418 e. The summed E-state index contributed by atoms with van der Waals surface area (Å²) in [7, 11) is 0. The molecular formula is C23H18F5N7. The Morgan fingerprint density at radius 1 is 0.914 bits per heavy atom. The van der Waals surface area contributed by atoms with Gasteiger partial charge in [0.15, 0.2) is 17.5 Å². The molecule has 0 bridgehead atoms. The van der Waals surface area contributed by atoms with Gasteiger partial charge in [-0.15, -0.1) is 0 Å². The van der Waals surface area contributed by atoms with Crippen LogP contribution in [0.1, 0.15) is 24.8 Å². The number of piperidine rings is 1. The van der Waals surface area contributed by atoms with Gasteiger partial charge in [0.25, 0.3) is 0 Å². The topological polar surface area (TPSA) is 79.7 Å². The third-order valence-corrected chi connectivity index (χ3v) is 5.62. The number of nitrogens with one attached hydrogen (secondary N) is 1. The van der Waals surface area contributed by atoms with Crippen molar-refractivity contribution in [3.05, 3.63) is 60.2 Å². The largest absolute Gasteiger partial charge is 0.418 e. The lowest BCUT2D eigenvalue weighted by atomic mass is 10.1. The van der Waals surface area contributed by atoms with Gasteiger partial charge in [0.1, 0.15) is 17.5 Å². The number of halogens is 5. The summed E-state index contributed by atoms with van der Waals surface area (Å²) in [5.41, 5.74) is -0.400. The first-order chi connectivity index (χ1) is 16.8. The van der Waals surface area contributed by atoms with E-state index in [-0.39, 0.29) is 34.2 Å². The number of pyridine rings is 3. The number of fused-ring (bicyclic) bond motifs is 1. The second-order valence-electron chi connectivity index (χ2n) is 8.04. The molecule has 35 heavy (non-hydrogen) atoms. The number of alkyl halides is 3. The zero-order valence-corrected chi connectivity index (χ0v) is 18.2. The minimum absolute atomic E-state index is 0.0583. The Kier molecular flexibility index (Phi) is 5.87. The van der Waals surface area contributed by atoms with Crippen molar-refractivity contribution in [3.8, 4) is 11.4 Å². The standard InChI is InChI=1S/C23H18F5N7/c24-14-9-16(25)21(31-10-14)33-18-8-13(4-5-30-18)20-32-17-12-29-11-15(23(26,27)28)19(17)22(34-20)35-6-2-1-3-7-35/h4-5,8-12H,1-3,6-7H2,(H,30,31,33). The van der Waals surface area contributed by atoms with Gasteiger partial charge in [-0.3, -0.25) is 4.98 Å². The normalized spacial score (nSPS) is 14.4. The highest BCUT2D eigenvalue weighted by atomic mass is 19.4. The minimum Gasteiger partial charge on any atom is -0.356 e. The molecule has 0 unspecified atom stereocenters.